The number of ether oxygens (including phenoxy) is 1. The third-order valence-electron chi connectivity index (χ3n) is 5.31. The van der Waals surface area contributed by atoms with Gasteiger partial charge in [-0.1, -0.05) is 56.2 Å². The number of hydrogen-bond donors (Lipinski definition) is 0. The van der Waals surface area contributed by atoms with Crippen LogP contribution in [0.15, 0.2) is 42.5 Å². The van der Waals surface area contributed by atoms with E-state index < -0.39 is 5.60 Å². The predicted molar refractivity (Wildman–Crippen MR) is 116 cm³/mol. The number of nitrogens with zero attached hydrogens (tertiary/aromatic N) is 2. The van der Waals surface area contributed by atoms with Gasteiger partial charge in [0, 0.05) is 25.2 Å². The Hall–Kier alpha value is -2.56. The lowest BCUT2D eigenvalue weighted by Gasteiger charge is -2.42. The molecule has 5 nitrogen and oxygen atoms in total. The normalized spacial score (nSPS) is 17.4. The van der Waals surface area contributed by atoms with E-state index in [1.807, 2.05) is 73.0 Å². The summed E-state index contributed by atoms with van der Waals surface area (Å²) in [5.74, 6) is 0.0344. The monoisotopic (exact) mass is 396 g/mol. The van der Waals surface area contributed by atoms with E-state index in [4.69, 9.17) is 4.74 Å². The fourth-order valence-corrected chi connectivity index (χ4v) is 3.87. The quantitative estimate of drug-likeness (QED) is 0.723. The van der Waals surface area contributed by atoms with Crippen molar-refractivity contribution >= 4 is 22.8 Å². The van der Waals surface area contributed by atoms with Gasteiger partial charge in [0.05, 0.1) is 6.04 Å². The second-order valence-corrected chi connectivity index (χ2v) is 8.75. The molecule has 0 aliphatic carbocycles. The summed E-state index contributed by atoms with van der Waals surface area (Å²) in [5.41, 5.74) is 0.200. The van der Waals surface area contributed by atoms with Crippen molar-refractivity contribution in [1.82, 2.24) is 9.80 Å². The average Bonchev–Trinajstić information content (AvgIpc) is 2.69. The van der Waals surface area contributed by atoms with E-state index in [9.17, 15) is 9.59 Å². The van der Waals surface area contributed by atoms with Gasteiger partial charge in [-0.2, -0.15) is 0 Å². The lowest BCUT2D eigenvalue weighted by molar-refractivity contribution is -0.00214. The number of hydrogen-bond acceptors (Lipinski definition) is 3. The molecule has 1 fully saturated rings. The highest BCUT2D eigenvalue weighted by Gasteiger charge is 2.35. The van der Waals surface area contributed by atoms with Gasteiger partial charge in [0.1, 0.15) is 5.60 Å². The van der Waals surface area contributed by atoms with Crippen molar-refractivity contribution in [1.29, 1.82) is 0 Å². The van der Waals surface area contributed by atoms with E-state index in [1.54, 1.807) is 0 Å². The van der Waals surface area contributed by atoms with Crippen LogP contribution in [0.25, 0.3) is 10.8 Å². The van der Waals surface area contributed by atoms with Crippen LogP contribution in [-0.4, -0.2) is 53.1 Å². The predicted octanol–water partition coefficient (Wildman–Crippen LogP) is 5.09. The summed E-state index contributed by atoms with van der Waals surface area (Å²) >= 11 is 0. The van der Waals surface area contributed by atoms with Gasteiger partial charge in [0.25, 0.3) is 5.91 Å². The number of carbonyl (C=O) groups excluding carboxylic acids is 2. The lowest BCUT2D eigenvalue weighted by Crippen LogP contribution is -2.57. The Labute approximate surface area is 173 Å². The summed E-state index contributed by atoms with van der Waals surface area (Å²) in [5, 5.41) is 2.04. The van der Waals surface area contributed by atoms with Crippen LogP contribution in [0.3, 0.4) is 0 Å². The summed E-state index contributed by atoms with van der Waals surface area (Å²) in [6.07, 6.45) is 2.65. The van der Waals surface area contributed by atoms with Crippen LogP contribution in [0.2, 0.25) is 0 Å². The summed E-state index contributed by atoms with van der Waals surface area (Å²) in [7, 11) is 0. The van der Waals surface area contributed by atoms with E-state index >= 15 is 0 Å². The molecule has 3 rings (SSSR count). The van der Waals surface area contributed by atoms with Crippen molar-refractivity contribution in [3.05, 3.63) is 48.0 Å². The zero-order chi connectivity index (χ0) is 21.0. The Morgan fingerprint density at radius 2 is 1.79 bits per heavy atom. The molecular formula is C24H32N2O3. The van der Waals surface area contributed by atoms with Gasteiger partial charge < -0.3 is 14.5 Å². The van der Waals surface area contributed by atoms with Crippen LogP contribution in [-0.2, 0) is 4.74 Å². The van der Waals surface area contributed by atoms with E-state index in [0.717, 1.165) is 35.6 Å². The number of rotatable bonds is 4. The minimum absolute atomic E-state index is 0.0162. The fourth-order valence-electron chi connectivity index (χ4n) is 3.87. The van der Waals surface area contributed by atoms with Gasteiger partial charge >= 0.3 is 6.09 Å². The molecule has 0 spiro atoms. The van der Waals surface area contributed by atoms with Gasteiger partial charge in [-0.05, 0) is 44.0 Å². The summed E-state index contributed by atoms with van der Waals surface area (Å²) in [6.45, 7) is 9.34. The highest BCUT2D eigenvalue weighted by molar-refractivity contribution is 6.07. The molecule has 1 aliphatic rings. The van der Waals surface area contributed by atoms with Gasteiger partial charge in [-0.25, -0.2) is 4.79 Å². The smallest absolute Gasteiger partial charge is 0.410 e. The van der Waals surface area contributed by atoms with Gasteiger partial charge in [0.2, 0.25) is 0 Å². The van der Waals surface area contributed by atoms with Gasteiger partial charge in [0.15, 0.2) is 0 Å². The molecule has 2 aromatic rings. The first kappa shape index (κ1) is 21.2. The molecular weight excluding hydrogens is 364 g/mol. The first-order valence-corrected chi connectivity index (χ1v) is 10.6. The van der Waals surface area contributed by atoms with Crippen LogP contribution in [0, 0.1) is 0 Å². The molecule has 1 unspecified atom stereocenters. The zero-order valence-corrected chi connectivity index (χ0v) is 18.0. The maximum absolute atomic E-state index is 13.3. The van der Waals surface area contributed by atoms with Crippen LogP contribution in [0.1, 0.15) is 57.3 Å². The molecule has 1 heterocycles. The number of carbonyl (C=O) groups is 2. The lowest BCUT2D eigenvalue weighted by atomic mass is 10.0. The maximum Gasteiger partial charge on any atom is 0.410 e. The van der Waals surface area contributed by atoms with Crippen LogP contribution in [0.5, 0.6) is 0 Å². The number of unbranched alkanes of at least 4 members (excludes halogenated alkanes) is 1. The standard InChI is InChI=1S/C24H32N2O3/c1-5-6-12-19-17-25(15-16-26(19)23(28)29-24(2,3)4)22(27)21-14-9-11-18-10-7-8-13-20(18)21/h7-11,13-14,19H,5-6,12,15-17H2,1-4H3. The SMILES string of the molecule is CCCCC1CN(C(=O)c2cccc3ccccc23)CCN1C(=O)OC(C)(C)C. The van der Waals surface area contributed by atoms with Crippen LogP contribution < -0.4 is 0 Å². The van der Waals surface area contributed by atoms with Crippen molar-refractivity contribution < 1.29 is 14.3 Å². The Kier molecular flexibility index (Phi) is 6.46. The third-order valence-corrected chi connectivity index (χ3v) is 5.31. The topological polar surface area (TPSA) is 49.9 Å². The van der Waals surface area contributed by atoms with E-state index in [1.165, 1.54) is 0 Å². The molecule has 2 aromatic carbocycles. The molecule has 1 aliphatic heterocycles. The Bertz CT molecular complexity index is 867. The van der Waals surface area contributed by atoms with Crippen molar-refractivity contribution in [2.24, 2.45) is 0 Å². The average molecular weight is 397 g/mol. The molecule has 2 amide bonds. The molecule has 29 heavy (non-hydrogen) atoms. The van der Waals surface area contributed by atoms with Crippen LogP contribution in [0.4, 0.5) is 4.79 Å². The Morgan fingerprint density at radius 1 is 1.07 bits per heavy atom. The highest BCUT2D eigenvalue weighted by Crippen LogP contribution is 2.24. The zero-order valence-electron chi connectivity index (χ0n) is 18.0. The molecule has 0 bridgehead atoms. The number of benzene rings is 2. The molecule has 0 aromatic heterocycles. The first-order chi connectivity index (χ1) is 13.8. The maximum atomic E-state index is 13.3. The molecule has 1 saturated heterocycles. The molecule has 1 atom stereocenters. The number of piperazine rings is 1. The van der Waals surface area contributed by atoms with E-state index in [2.05, 4.69) is 6.92 Å². The molecule has 0 N–H and O–H groups in total. The summed E-state index contributed by atoms with van der Waals surface area (Å²) < 4.78 is 5.61. The van der Waals surface area contributed by atoms with E-state index in [0.29, 0.717) is 19.6 Å². The van der Waals surface area contributed by atoms with Crippen molar-refractivity contribution in [2.45, 2.75) is 58.6 Å². The van der Waals surface area contributed by atoms with Crippen molar-refractivity contribution in [3.63, 3.8) is 0 Å². The third kappa shape index (κ3) is 5.08. The van der Waals surface area contributed by atoms with Gasteiger partial charge in [-0.15, -0.1) is 0 Å². The largest absolute Gasteiger partial charge is 0.444 e. The van der Waals surface area contributed by atoms with E-state index in [-0.39, 0.29) is 18.0 Å². The summed E-state index contributed by atoms with van der Waals surface area (Å²) in [6, 6.07) is 13.8. The summed E-state index contributed by atoms with van der Waals surface area (Å²) in [4.78, 5) is 29.7. The van der Waals surface area contributed by atoms with Crippen molar-refractivity contribution in [3.8, 4) is 0 Å². The first-order valence-electron chi connectivity index (χ1n) is 10.6. The minimum atomic E-state index is -0.525. The number of amides is 2. The molecule has 5 heteroatoms. The second-order valence-electron chi connectivity index (χ2n) is 8.75. The molecule has 156 valence electrons. The van der Waals surface area contributed by atoms with Crippen molar-refractivity contribution in [2.75, 3.05) is 19.6 Å². The Balaban J connectivity index is 1.79. The second kappa shape index (κ2) is 8.85. The number of fused-ring (bicyclic) bond motifs is 1. The highest BCUT2D eigenvalue weighted by atomic mass is 16.6. The fraction of sp³-hybridized carbons (Fsp3) is 0.500. The minimum Gasteiger partial charge on any atom is -0.444 e. The molecule has 0 saturated carbocycles. The van der Waals surface area contributed by atoms with Gasteiger partial charge in [-0.3, -0.25) is 4.79 Å². The van der Waals surface area contributed by atoms with Crippen LogP contribution >= 0.6 is 0 Å². The molecule has 0 radical (unpaired) electrons. The Morgan fingerprint density at radius 3 is 2.52 bits per heavy atom.